The Morgan fingerprint density at radius 2 is 1.96 bits per heavy atom. The Labute approximate surface area is 147 Å². The summed E-state index contributed by atoms with van der Waals surface area (Å²) in [6.07, 6.45) is -0.336. The molecule has 1 aliphatic rings. The van der Waals surface area contributed by atoms with Gasteiger partial charge in [-0.05, 0) is 25.1 Å². The maximum atomic E-state index is 6.03. The summed E-state index contributed by atoms with van der Waals surface area (Å²) in [5.41, 5.74) is 2.27. The standard InChI is InChI=1S/C18H14N4O2S/c1-11-5-4-6-12(9-11)17-21-22-16(19-20-18(22)25-17)15-10-23-13-7-2-3-8-14(13)24-15/h2-9,15H,10H2,1H3. The normalized spacial score (nSPS) is 16.3. The van der Waals surface area contributed by atoms with Gasteiger partial charge in [-0.2, -0.15) is 9.61 Å². The van der Waals surface area contributed by atoms with Crippen LogP contribution in [0, 0.1) is 6.92 Å². The average Bonchev–Trinajstić information content (AvgIpc) is 3.22. The highest BCUT2D eigenvalue weighted by molar-refractivity contribution is 7.19. The molecule has 0 fully saturated rings. The minimum atomic E-state index is -0.336. The highest BCUT2D eigenvalue weighted by Gasteiger charge is 2.28. The van der Waals surface area contributed by atoms with Crippen molar-refractivity contribution >= 4 is 16.3 Å². The molecule has 1 unspecified atom stereocenters. The first-order valence-corrected chi connectivity index (χ1v) is 8.77. The molecule has 1 atom stereocenters. The molecular formula is C18H14N4O2S. The van der Waals surface area contributed by atoms with Crippen molar-refractivity contribution in [1.29, 1.82) is 0 Å². The van der Waals surface area contributed by atoms with Crippen molar-refractivity contribution in [1.82, 2.24) is 19.8 Å². The Morgan fingerprint density at radius 1 is 1.08 bits per heavy atom. The molecule has 0 aliphatic carbocycles. The summed E-state index contributed by atoms with van der Waals surface area (Å²) in [7, 11) is 0. The van der Waals surface area contributed by atoms with Gasteiger partial charge in [0.1, 0.15) is 11.6 Å². The van der Waals surface area contributed by atoms with E-state index in [1.165, 1.54) is 16.9 Å². The quantitative estimate of drug-likeness (QED) is 0.552. The van der Waals surface area contributed by atoms with Gasteiger partial charge in [-0.1, -0.05) is 47.2 Å². The molecule has 2 aromatic heterocycles. The number of aromatic nitrogens is 4. The molecule has 7 heteroatoms. The molecule has 3 heterocycles. The van der Waals surface area contributed by atoms with Crippen LogP contribution in [-0.2, 0) is 0 Å². The van der Waals surface area contributed by atoms with Gasteiger partial charge < -0.3 is 9.47 Å². The van der Waals surface area contributed by atoms with Crippen LogP contribution in [0.2, 0.25) is 0 Å². The largest absolute Gasteiger partial charge is 0.485 e. The number of para-hydroxylation sites is 2. The van der Waals surface area contributed by atoms with Crippen molar-refractivity contribution in [2.24, 2.45) is 0 Å². The lowest BCUT2D eigenvalue weighted by molar-refractivity contribution is 0.0836. The molecular weight excluding hydrogens is 336 g/mol. The minimum Gasteiger partial charge on any atom is -0.485 e. The predicted molar refractivity (Wildman–Crippen MR) is 94.1 cm³/mol. The molecule has 1 aliphatic heterocycles. The molecule has 2 aromatic carbocycles. The fourth-order valence-corrected chi connectivity index (χ4v) is 3.72. The maximum absolute atomic E-state index is 6.03. The van der Waals surface area contributed by atoms with E-state index in [1.54, 1.807) is 4.52 Å². The molecule has 0 saturated heterocycles. The number of nitrogens with zero attached hydrogens (tertiary/aromatic N) is 4. The molecule has 124 valence electrons. The van der Waals surface area contributed by atoms with Crippen LogP contribution in [0.4, 0.5) is 0 Å². The van der Waals surface area contributed by atoms with Crippen LogP contribution in [0.25, 0.3) is 15.5 Å². The molecule has 0 N–H and O–H groups in total. The first-order chi connectivity index (χ1) is 12.3. The van der Waals surface area contributed by atoms with Gasteiger partial charge in [0.15, 0.2) is 23.4 Å². The summed E-state index contributed by atoms with van der Waals surface area (Å²) in [6, 6.07) is 15.9. The summed E-state index contributed by atoms with van der Waals surface area (Å²) < 4.78 is 13.6. The summed E-state index contributed by atoms with van der Waals surface area (Å²) in [6.45, 7) is 2.45. The highest BCUT2D eigenvalue weighted by Crippen LogP contribution is 2.36. The average molecular weight is 350 g/mol. The summed E-state index contributed by atoms with van der Waals surface area (Å²) >= 11 is 1.51. The fraction of sp³-hybridized carbons (Fsp3) is 0.167. The molecule has 0 amide bonds. The van der Waals surface area contributed by atoms with E-state index in [1.807, 2.05) is 30.3 Å². The van der Waals surface area contributed by atoms with Crippen LogP contribution in [0.5, 0.6) is 11.5 Å². The Balaban J connectivity index is 1.53. The van der Waals surface area contributed by atoms with Crippen molar-refractivity contribution in [3.8, 4) is 22.1 Å². The van der Waals surface area contributed by atoms with E-state index < -0.39 is 0 Å². The van der Waals surface area contributed by atoms with Gasteiger partial charge in [0.05, 0.1) is 0 Å². The van der Waals surface area contributed by atoms with Gasteiger partial charge in [-0.3, -0.25) is 0 Å². The first kappa shape index (κ1) is 14.4. The van der Waals surface area contributed by atoms with Gasteiger partial charge in [0, 0.05) is 5.56 Å². The second kappa shape index (κ2) is 5.56. The zero-order valence-corrected chi connectivity index (χ0v) is 14.2. The molecule has 25 heavy (non-hydrogen) atoms. The first-order valence-electron chi connectivity index (χ1n) is 7.95. The third kappa shape index (κ3) is 2.44. The van der Waals surface area contributed by atoms with E-state index in [0.717, 1.165) is 21.3 Å². The number of aryl methyl sites for hydroxylation is 1. The van der Waals surface area contributed by atoms with Crippen molar-refractivity contribution in [2.45, 2.75) is 13.0 Å². The van der Waals surface area contributed by atoms with Crippen LogP contribution in [0.3, 0.4) is 0 Å². The lowest BCUT2D eigenvalue weighted by atomic mass is 10.1. The molecule has 0 bridgehead atoms. The van der Waals surface area contributed by atoms with Crippen LogP contribution in [0.15, 0.2) is 48.5 Å². The number of hydrogen-bond donors (Lipinski definition) is 0. The van der Waals surface area contributed by atoms with Gasteiger partial charge in [0.25, 0.3) is 0 Å². The maximum Gasteiger partial charge on any atom is 0.235 e. The zero-order valence-electron chi connectivity index (χ0n) is 13.4. The smallest absolute Gasteiger partial charge is 0.235 e. The Morgan fingerprint density at radius 3 is 2.84 bits per heavy atom. The second-order valence-corrected chi connectivity index (χ2v) is 6.85. The van der Waals surface area contributed by atoms with Gasteiger partial charge in [0.2, 0.25) is 4.96 Å². The van der Waals surface area contributed by atoms with Crippen molar-refractivity contribution in [3.05, 3.63) is 59.9 Å². The number of benzene rings is 2. The summed E-state index contributed by atoms with van der Waals surface area (Å²) in [4.78, 5) is 0.744. The summed E-state index contributed by atoms with van der Waals surface area (Å²) in [5, 5.41) is 14.1. The number of ether oxygens (including phenoxy) is 2. The Bertz CT molecular complexity index is 1070. The molecule has 0 radical (unpaired) electrons. The fourth-order valence-electron chi connectivity index (χ4n) is 2.87. The van der Waals surface area contributed by atoms with E-state index in [2.05, 4.69) is 40.4 Å². The number of rotatable bonds is 2. The number of hydrogen-bond acceptors (Lipinski definition) is 6. The van der Waals surface area contributed by atoms with E-state index in [-0.39, 0.29) is 6.10 Å². The van der Waals surface area contributed by atoms with Crippen LogP contribution >= 0.6 is 11.3 Å². The lowest BCUT2D eigenvalue weighted by Crippen LogP contribution is -2.23. The third-order valence-corrected chi connectivity index (χ3v) is 5.02. The Kier molecular flexibility index (Phi) is 3.21. The lowest BCUT2D eigenvalue weighted by Gasteiger charge is -2.24. The monoisotopic (exact) mass is 350 g/mol. The number of fused-ring (bicyclic) bond motifs is 2. The van der Waals surface area contributed by atoms with Crippen LogP contribution < -0.4 is 9.47 Å². The Hall–Kier alpha value is -2.93. The van der Waals surface area contributed by atoms with Gasteiger partial charge in [-0.25, -0.2) is 0 Å². The molecule has 5 rings (SSSR count). The molecule has 6 nitrogen and oxygen atoms in total. The van der Waals surface area contributed by atoms with E-state index in [4.69, 9.17) is 9.47 Å². The van der Waals surface area contributed by atoms with Crippen LogP contribution in [-0.4, -0.2) is 26.4 Å². The van der Waals surface area contributed by atoms with Gasteiger partial charge >= 0.3 is 0 Å². The molecule has 0 saturated carbocycles. The van der Waals surface area contributed by atoms with Gasteiger partial charge in [-0.15, -0.1) is 10.2 Å². The SMILES string of the molecule is Cc1cccc(-c2nn3c(C4COc5ccccc5O4)nnc3s2)c1. The van der Waals surface area contributed by atoms with E-state index >= 15 is 0 Å². The van der Waals surface area contributed by atoms with E-state index in [9.17, 15) is 0 Å². The highest BCUT2D eigenvalue weighted by atomic mass is 32.1. The summed E-state index contributed by atoms with van der Waals surface area (Å²) in [5.74, 6) is 2.11. The van der Waals surface area contributed by atoms with Crippen molar-refractivity contribution in [2.75, 3.05) is 6.61 Å². The van der Waals surface area contributed by atoms with E-state index in [0.29, 0.717) is 18.2 Å². The third-order valence-electron chi connectivity index (χ3n) is 4.08. The van der Waals surface area contributed by atoms with Crippen LogP contribution in [0.1, 0.15) is 17.5 Å². The minimum absolute atomic E-state index is 0.336. The predicted octanol–water partition coefficient (Wildman–Crippen LogP) is 3.67. The zero-order chi connectivity index (χ0) is 16.8. The second-order valence-electron chi connectivity index (χ2n) is 5.89. The topological polar surface area (TPSA) is 61.5 Å². The molecule has 4 aromatic rings. The van der Waals surface area contributed by atoms with Crippen molar-refractivity contribution in [3.63, 3.8) is 0 Å². The molecule has 0 spiro atoms. The van der Waals surface area contributed by atoms with Crippen molar-refractivity contribution < 1.29 is 9.47 Å².